The summed E-state index contributed by atoms with van der Waals surface area (Å²) >= 11 is 6.17. The van der Waals surface area contributed by atoms with Gasteiger partial charge in [0.25, 0.3) is 0 Å². The summed E-state index contributed by atoms with van der Waals surface area (Å²) in [6.45, 7) is 6.25. The van der Waals surface area contributed by atoms with Crippen molar-refractivity contribution in [3.05, 3.63) is 23.3 Å². The molecule has 0 aliphatic heterocycles. The SMILES string of the molecule is CC1=CCC(C)(Cl)C(C)=C1. The van der Waals surface area contributed by atoms with Gasteiger partial charge >= 0.3 is 0 Å². The van der Waals surface area contributed by atoms with Crippen LogP contribution in [0.3, 0.4) is 0 Å². The van der Waals surface area contributed by atoms with E-state index < -0.39 is 0 Å². The summed E-state index contributed by atoms with van der Waals surface area (Å²) in [6, 6.07) is 0. The van der Waals surface area contributed by atoms with Gasteiger partial charge in [-0.15, -0.1) is 11.6 Å². The maximum Gasteiger partial charge on any atom is 0.0662 e. The number of hydrogen-bond acceptors (Lipinski definition) is 0. The summed E-state index contributed by atoms with van der Waals surface area (Å²) in [4.78, 5) is -0.125. The average Bonchev–Trinajstić information content (AvgIpc) is 1.81. The van der Waals surface area contributed by atoms with Crippen LogP contribution in [-0.4, -0.2) is 4.87 Å². The third-order valence-corrected chi connectivity index (χ3v) is 2.53. The molecule has 1 atom stereocenters. The Kier molecular flexibility index (Phi) is 1.91. The monoisotopic (exact) mass is 156 g/mol. The number of halogens is 1. The Balaban J connectivity index is 2.88. The Hall–Kier alpha value is -0.230. The van der Waals surface area contributed by atoms with Crippen LogP contribution in [0, 0.1) is 0 Å². The van der Waals surface area contributed by atoms with Crippen LogP contribution in [0.4, 0.5) is 0 Å². The Labute approximate surface area is 67.6 Å². The maximum absolute atomic E-state index is 6.17. The molecular formula is C9H13Cl. The van der Waals surface area contributed by atoms with E-state index in [2.05, 4.69) is 32.9 Å². The summed E-state index contributed by atoms with van der Waals surface area (Å²) in [5.74, 6) is 0. The number of allylic oxidation sites excluding steroid dienone is 4. The molecule has 0 aromatic carbocycles. The van der Waals surface area contributed by atoms with Crippen LogP contribution in [0.1, 0.15) is 27.2 Å². The maximum atomic E-state index is 6.17. The van der Waals surface area contributed by atoms with Crippen LogP contribution < -0.4 is 0 Å². The van der Waals surface area contributed by atoms with E-state index in [1.165, 1.54) is 11.1 Å². The van der Waals surface area contributed by atoms with E-state index in [1.54, 1.807) is 0 Å². The Bertz CT molecular complexity index is 197. The minimum absolute atomic E-state index is 0.125. The van der Waals surface area contributed by atoms with Crippen LogP contribution in [0.25, 0.3) is 0 Å². The lowest BCUT2D eigenvalue weighted by molar-refractivity contribution is 0.726. The first-order valence-electron chi connectivity index (χ1n) is 3.57. The van der Waals surface area contributed by atoms with Crippen molar-refractivity contribution in [2.24, 2.45) is 0 Å². The van der Waals surface area contributed by atoms with Crippen molar-refractivity contribution in [2.75, 3.05) is 0 Å². The minimum Gasteiger partial charge on any atom is -0.114 e. The van der Waals surface area contributed by atoms with Gasteiger partial charge in [-0.25, -0.2) is 0 Å². The zero-order chi connectivity index (χ0) is 7.78. The first-order valence-corrected chi connectivity index (χ1v) is 3.94. The second-order valence-corrected chi connectivity index (χ2v) is 4.01. The Morgan fingerprint density at radius 2 is 2.10 bits per heavy atom. The lowest BCUT2D eigenvalue weighted by Crippen LogP contribution is -2.19. The molecule has 0 nitrogen and oxygen atoms in total. The van der Waals surface area contributed by atoms with Crippen LogP contribution in [0.15, 0.2) is 23.3 Å². The first-order chi connectivity index (χ1) is 4.52. The fraction of sp³-hybridized carbons (Fsp3) is 0.556. The van der Waals surface area contributed by atoms with Crippen molar-refractivity contribution in [1.29, 1.82) is 0 Å². The molecule has 0 fully saturated rings. The molecule has 1 aliphatic carbocycles. The molecule has 1 aliphatic rings. The van der Waals surface area contributed by atoms with Gasteiger partial charge in [0.1, 0.15) is 0 Å². The summed E-state index contributed by atoms with van der Waals surface area (Å²) < 4.78 is 0. The van der Waals surface area contributed by atoms with E-state index in [4.69, 9.17) is 11.6 Å². The lowest BCUT2D eigenvalue weighted by atomic mass is 9.91. The van der Waals surface area contributed by atoms with Crippen molar-refractivity contribution in [1.82, 2.24) is 0 Å². The highest BCUT2D eigenvalue weighted by Gasteiger charge is 2.23. The standard InChI is InChI=1S/C9H13Cl/c1-7-4-5-9(3,10)8(2)6-7/h4,6H,5H2,1-3H3. The van der Waals surface area contributed by atoms with Crippen LogP contribution in [-0.2, 0) is 0 Å². The number of hydrogen-bond donors (Lipinski definition) is 0. The zero-order valence-corrected chi connectivity index (χ0v) is 7.50. The molecule has 0 saturated carbocycles. The van der Waals surface area contributed by atoms with Gasteiger partial charge < -0.3 is 0 Å². The van der Waals surface area contributed by atoms with Gasteiger partial charge in [-0.05, 0) is 27.2 Å². The zero-order valence-electron chi connectivity index (χ0n) is 6.74. The van der Waals surface area contributed by atoms with Crippen LogP contribution in [0.5, 0.6) is 0 Å². The molecule has 1 rings (SSSR count). The average molecular weight is 157 g/mol. The van der Waals surface area contributed by atoms with Crippen molar-refractivity contribution >= 4 is 11.6 Å². The third-order valence-electron chi connectivity index (χ3n) is 2.07. The molecule has 0 spiro atoms. The molecule has 0 radical (unpaired) electrons. The largest absolute Gasteiger partial charge is 0.114 e. The number of alkyl halides is 1. The highest BCUT2D eigenvalue weighted by Crippen LogP contribution is 2.33. The fourth-order valence-corrected chi connectivity index (χ4v) is 1.20. The van der Waals surface area contributed by atoms with Crippen molar-refractivity contribution in [3.63, 3.8) is 0 Å². The molecule has 0 N–H and O–H groups in total. The lowest BCUT2D eigenvalue weighted by Gasteiger charge is -2.25. The highest BCUT2D eigenvalue weighted by molar-refractivity contribution is 6.25. The summed E-state index contributed by atoms with van der Waals surface area (Å²) in [6.07, 6.45) is 5.29. The smallest absolute Gasteiger partial charge is 0.0662 e. The predicted molar refractivity (Wildman–Crippen MR) is 46.4 cm³/mol. The molecule has 0 bridgehead atoms. The molecule has 0 aromatic heterocycles. The van der Waals surface area contributed by atoms with Gasteiger partial charge in [0, 0.05) is 0 Å². The van der Waals surface area contributed by atoms with Gasteiger partial charge in [0.05, 0.1) is 4.87 Å². The first kappa shape index (κ1) is 7.87. The van der Waals surface area contributed by atoms with Gasteiger partial charge in [-0.3, -0.25) is 0 Å². The van der Waals surface area contributed by atoms with E-state index in [-0.39, 0.29) is 4.87 Å². The quantitative estimate of drug-likeness (QED) is 0.473. The van der Waals surface area contributed by atoms with E-state index in [0.717, 1.165) is 6.42 Å². The van der Waals surface area contributed by atoms with Gasteiger partial charge in [-0.1, -0.05) is 23.3 Å². The van der Waals surface area contributed by atoms with Gasteiger partial charge in [-0.2, -0.15) is 0 Å². The topological polar surface area (TPSA) is 0 Å². The molecule has 0 heterocycles. The third kappa shape index (κ3) is 1.43. The fourth-order valence-electron chi connectivity index (χ4n) is 1.06. The van der Waals surface area contributed by atoms with E-state index in [0.29, 0.717) is 0 Å². The van der Waals surface area contributed by atoms with E-state index in [9.17, 15) is 0 Å². The molecule has 0 aromatic rings. The Morgan fingerprint density at radius 1 is 1.50 bits per heavy atom. The minimum atomic E-state index is -0.125. The number of rotatable bonds is 0. The summed E-state index contributed by atoms with van der Waals surface area (Å²) in [5, 5.41) is 0. The molecule has 1 unspecified atom stereocenters. The molecular weight excluding hydrogens is 144 g/mol. The molecule has 1 heteroatoms. The van der Waals surface area contributed by atoms with Crippen LogP contribution in [0.2, 0.25) is 0 Å². The Morgan fingerprint density at radius 3 is 2.50 bits per heavy atom. The molecule has 0 amide bonds. The van der Waals surface area contributed by atoms with E-state index >= 15 is 0 Å². The normalized spacial score (nSPS) is 33.2. The molecule has 56 valence electrons. The molecule has 0 saturated heterocycles. The second kappa shape index (κ2) is 2.43. The van der Waals surface area contributed by atoms with Gasteiger partial charge in [0.2, 0.25) is 0 Å². The summed E-state index contributed by atoms with van der Waals surface area (Å²) in [5.41, 5.74) is 2.60. The van der Waals surface area contributed by atoms with Gasteiger partial charge in [0.15, 0.2) is 0 Å². The highest BCUT2D eigenvalue weighted by atomic mass is 35.5. The van der Waals surface area contributed by atoms with E-state index in [1.807, 2.05) is 0 Å². The predicted octanol–water partition coefficient (Wildman–Crippen LogP) is 3.28. The van der Waals surface area contributed by atoms with Crippen LogP contribution >= 0.6 is 11.6 Å². The molecule has 10 heavy (non-hydrogen) atoms. The second-order valence-electron chi connectivity index (χ2n) is 3.18. The van der Waals surface area contributed by atoms with Crippen molar-refractivity contribution in [2.45, 2.75) is 32.1 Å². The van der Waals surface area contributed by atoms with Crippen molar-refractivity contribution < 1.29 is 0 Å². The van der Waals surface area contributed by atoms with Crippen molar-refractivity contribution in [3.8, 4) is 0 Å². The summed E-state index contributed by atoms with van der Waals surface area (Å²) in [7, 11) is 0.